The molecule has 0 radical (unpaired) electrons. The molecule has 0 aromatic heterocycles. The van der Waals surface area contributed by atoms with Crippen molar-refractivity contribution in [2.24, 2.45) is 5.73 Å². The molecule has 6 heteroatoms. The van der Waals surface area contributed by atoms with Gasteiger partial charge in [-0.2, -0.15) is 0 Å². The first-order valence-electron chi connectivity index (χ1n) is 7.63. The molecule has 1 aromatic rings. The van der Waals surface area contributed by atoms with Crippen LogP contribution in [0.15, 0.2) is 18.2 Å². The van der Waals surface area contributed by atoms with Gasteiger partial charge in [-0.15, -0.1) is 0 Å². The number of ether oxygens (including phenoxy) is 1. The Morgan fingerprint density at radius 3 is 2.77 bits per heavy atom. The van der Waals surface area contributed by atoms with Crippen LogP contribution in [0.3, 0.4) is 0 Å². The first-order chi connectivity index (χ1) is 10.5. The number of likely N-dealkylation sites (N-methyl/N-ethyl adjacent to an activating group) is 1. The molecule has 3 N–H and O–H groups in total. The van der Waals surface area contributed by atoms with Crippen LogP contribution in [0, 0.1) is 0 Å². The summed E-state index contributed by atoms with van der Waals surface area (Å²) in [7, 11) is 1.70. The van der Waals surface area contributed by atoms with Gasteiger partial charge in [-0.1, -0.05) is 19.3 Å². The van der Waals surface area contributed by atoms with Gasteiger partial charge in [-0.25, -0.2) is 0 Å². The van der Waals surface area contributed by atoms with Crippen LogP contribution in [-0.4, -0.2) is 31.0 Å². The molecule has 1 aliphatic heterocycles. The average Bonchev–Trinajstić information content (AvgIpc) is 2.52. The van der Waals surface area contributed by atoms with Gasteiger partial charge in [-0.05, 0) is 31.0 Å². The molecular weight excluding hydrogens is 282 g/mol. The van der Waals surface area contributed by atoms with Gasteiger partial charge in [0.15, 0.2) is 6.61 Å². The highest BCUT2D eigenvalue weighted by atomic mass is 16.5. The van der Waals surface area contributed by atoms with Crippen molar-refractivity contribution in [2.45, 2.75) is 37.6 Å². The van der Waals surface area contributed by atoms with E-state index >= 15 is 0 Å². The maximum Gasteiger partial charge on any atom is 0.264 e. The molecule has 3 rings (SSSR count). The topological polar surface area (TPSA) is 84.7 Å². The standard InChI is InChI=1S/C16H21N3O3/c1-19-12-9-11(5-6-13(12)22-10-14(19)20)18-15(21)16(17)7-3-2-4-8-16/h5-6,9H,2-4,7-8,10,17H2,1H3,(H,18,21). The van der Waals surface area contributed by atoms with E-state index in [-0.39, 0.29) is 18.4 Å². The number of hydrogen-bond donors (Lipinski definition) is 2. The van der Waals surface area contributed by atoms with Crippen LogP contribution in [0.1, 0.15) is 32.1 Å². The Kier molecular flexibility index (Phi) is 3.78. The van der Waals surface area contributed by atoms with Crippen molar-refractivity contribution >= 4 is 23.2 Å². The predicted molar refractivity (Wildman–Crippen MR) is 84.0 cm³/mol. The number of nitrogens with one attached hydrogen (secondary N) is 1. The SMILES string of the molecule is CN1C(=O)COc2ccc(NC(=O)C3(N)CCCCC3)cc21. The third-order valence-electron chi connectivity index (χ3n) is 4.50. The number of fused-ring (bicyclic) bond motifs is 1. The predicted octanol–water partition coefficient (Wildman–Crippen LogP) is 1.64. The normalized spacial score (nSPS) is 20.1. The van der Waals surface area contributed by atoms with E-state index in [0.29, 0.717) is 30.0 Å². The lowest BCUT2D eigenvalue weighted by atomic mass is 9.82. The molecule has 1 saturated carbocycles. The summed E-state index contributed by atoms with van der Waals surface area (Å²) in [5.41, 5.74) is 6.74. The lowest BCUT2D eigenvalue weighted by Crippen LogP contribution is -2.52. The van der Waals surface area contributed by atoms with Crippen molar-refractivity contribution in [3.05, 3.63) is 18.2 Å². The van der Waals surface area contributed by atoms with Crippen molar-refractivity contribution < 1.29 is 14.3 Å². The van der Waals surface area contributed by atoms with E-state index in [1.54, 1.807) is 25.2 Å². The maximum atomic E-state index is 12.5. The maximum absolute atomic E-state index is 12.5. The number of anilines is 2. The second-order valence-corrected chi connectivity index (χ2v) is 6.09. The zero-order chi connectivity index (χ0) is 15.7. The lowest BCUT2D eigenvalue weighted by Gasteiger charge is -2.32. The molecule has 6 nitrogen and oxygen atoms in total. The first-order valence-corrected chi connectivity index (χ1v) is 7.63. The molecule has 1 aromatic carbocycles. The molecule has 1 heterocycles. The van der Waals surface area contributed by atoms with E-state index in [1.165, 1.54) is 4.90 Å². The molecule has 0 unspecified atom stereocenters. The van der Waals surface area contributed by atoms with E-state index in [1.807, 2.05) is 0 Å². The van der Waals surface area contributed by atoms with E-state index in [0.717, 1.165) is 19.3 Å². The fourth-order valence-electron chi connectivity index (χ4n) is 3.02. The summed E-state index contributed by atoms with van der Waals surface area (Å²) >= 11 is 0. The Bertz CT molecular complexity index is 609. The minimum atomic E-state index is -0.785. The minimum absolute atomic E-state index is 0.0428. The van der Waals surface area contributed by atoms with E-state index in [2.05, 4.69) is 5.32 Å². The summed E-state index contributed by atoms with van der Waals surface area (Å²) in [5.74, 6) is 0.372. The van der Waals surface area contributed by atoms with Crippen molar-refractivity contribution in [3.63, 3.8) is 0 Å². The van der Waals surface area contributed by atoms with Crippen LogP contribution in [0.25, 0.3) is 0 Å². The van der Waals surface area contributed by atoms with Gasteiger partial charge in [0.05, 0.1) is 11.2 Å². The minimum Gasteiger partial charge on any atom is -0.482 e. The zero-order valence-electron chi connectivity index (χ0n) is 12.7. The number of benzene rings is 1. The summed E-state index contributed by atoms with van der Waals surface area (Å²) in [6.45, 7) is 0.0428. The molecule has 2 aliphatic rings. The van der Waals surface area contributed by atoms with Crippen LogP contribution in [0.2, 0.25) is 0 Å². The van der Waals surface area contributed by atoms with Gasteiger partial charge in [-0.3, -0.25) is 9.59 Å². The van der Waals surface area contributed by atoms with Crippen molar-refractivity contribution in [1.29, 1.82) is 0 Å². The van der Waals surface area contributed by atoms with Crippen LogP contribution in [-0.2, 0) is 9.59 Å². The molecule has 22 heavy (non-hydrogen) atoms. The Labute approximate surface area is 129 Å². The summed E-state index contributed by atoms with van der Waals surface area (Å²) in [5, 5.41) is 2.88. The van der Waals surface area contributed by atoms with Gasteiger partial charge in [0.25, 0.3) is 5.91 Å². The van der Waals surface area contributed by atoms with Crippen LogP contribution >= 0.6 is 0 Å². The smallest absolute Gasteiger partial charge is 0.264 e. The zero-order valence-corrected chi connectivity index (χ0v) is 12.7. The number of amides is 2. The van der Waals surface area contributed by atoms with Gasteiger partial charge >= 0.3 is 0 Å². The number of rotatable bonds is 2. The Morgan fingerprint density at radius 1 is 1.32 bits per heavy atom. The van der Waals surface area contributed by atoms with E-state index < -0.39 is 5.54 Å². The number of nitrogens with two attached hydrogens (primary N) is 1. The molecular formula is C16H21N3O3. The Hall–Kier alpha value is -2.08. The quantitative estimate of drug-likeness (QED) is 0.870. The van der Waals surface area contributed by atoms with Gasteiger partial charge in [0.2, 0.25) is 5.91 Å². The van der Waals surface area contributed by atoms with Gasteiger partial charge in [0, 0.05) is 12.7 Å². The molecule has 0 bridgehead atoms. The average molecular weight is 303 g/mol. The first kappa shape index (κ1) is 14.8. The highest BCUT2D eigenvalue weighted by Gasteiger charge is 2.35. The van der Waals surface area contributed by atoms with Crippen molar-refractivity contribution in [3.8, 4) is 5.75 Å². The van der Waals surface area contributed by atoms with Crippen LogP contribution in [0.5, 0.6) is 5.75 Å². The van der Waals surface area contributed by atoms with Crippen LogP contribution in [0.4, 0.5) is 11.4 Å². The van der Waals surface area contributed by atoms with Gasteiger partial charge in [0.1, 0.15) is 5.75 Å². The highest BCUT2D eigenvalue weighted by molar-refractivity contribution is 6.01. The molecule has 1 fully saturated rings. The Morgan fingerprint density at radius 2 is 2.05 bits per heavy atom. The van der Waals surface area contributed by atoms with Crippen molar-refractivity contribution in [1.82, 2.24) is 0 Å². The fraction of sp³-hybridized carbons (Fsp3) is 0.500. The van der Waals surface area contributed by atoms with Crippen LogP contribution < -0.4 is 20.7 Å². The summed E-state index contributed by atoms with van der Waals surface area (Å²) < 4.78 is 5.37. The second kappa shape index (κ2) is 5.61. The van der Waals surface area contributed by atoms with Gasteiger partial charge < -0.3 is 20.7 Å². The Balaban J connectivity index is 1.78. The largest absolute Gasteiger partial charge is 0.482 e. The summed E-state index contributed by atoms with van der Waals surface area (Å²) in [4.78, 5) is 25.7. The number of nitrogens with zero attached hydrogens (tertiary/aromatic N) is 1. The highest BCUT2D eigenvalue weighted by Crippen LogP contribution is 2.34. The monoisotopic (exact) mass is 303 g/mol. The molecule has 1 aliphatic carbocycles. The molecule has 0 saturated heterocycles. The molecule has 118 valence electrons. The summed E-state index contributed by atoms with van der Waals surface area (Å²) in [6.07, 6.45) is 4.53. The second-order valence-electron chi connectivity index (χ2n) is 6.09. The molecule has 0 atom stereocenters. The molecule has 2 amide bonds. The third kappa shape index (κ3) is 2.66. The van der Waals surface area contributed by atoms with E-state index in [9.17, 15) is 9.59 Å². The van der Waals surface area contributed by atoms with Crippen molar-refractivity contribution in [2.75, 3.05) is 23.9 Å². The summed E-state index contributed by atoms with van der Waals surface area (Å²) in [6, 6.07) is 5.28. The molecule has 0 spiro atoms. The number of carbonyl (C=O) groups excluding carboxylic acids is 2. The fourth-order valence-corrected chi connectivity index (χ4v) is 3.02. The number of hydrogen-bond acceptors (Lipinski definition) is 4. The third-order valence-corrected chi connectivity index (χ3v) is 4.50. The number of carbonyl (C=O) groups is 2. The lowest BCUT2D eigenvalue weighted by molar-refractivity contribution is -0.122. The van der Waals surface area contributed by atoms with E-state index in [4.69, 9.17) is 10.5 Å².